The van der Waals surface area contributed by atoms with Crippen molar-refractivity contribution in [3.05, 3.63) is 34.4 Å². The van der Waals surface area contributed by atoms with Crippen LogP contribution < -0.4 is 5.73 Å². The van der Waals surface area contributed by atoms with E-state index in [0.717, 1.165) is 16.7 Å². The lowest BCUT2D eigenvalue weighted by atomic mass is 10.0. The van der Waals surface area contributed by atoms with Gasteiger partial charge in [-0.15, -0.1) is 12.4 Å². The summed E-state index contributed by atoms with van der Waals surface area (Å²) >= 11 is 0. The van der Waals surface area contributed by atoms with Gasteiger partial charge in [0.25, 0.3) is 0 Å². The van der Waals surface area contributed by atoms with Crippen molar-refractivity contribution in [2.75, 3.05) is 6.54 Å². The van der Waals surface area contributed by atoms with Crippen LogP contribution in [0.2, 0.25) is 0 Å². The molecular weight excluding hydrogens is 226 g/mol. The monoisotopic (exact) mass is 243 g/mol. The summed E-state index contributed by atoms with van der Waals surface area (Å²) < 4.78 is 5.01. The predicted octanol–water partition coefficient (Wildman–Crippen LogP) is 2.04. The minimum absolute atomic E-state index is 0. The molecule has 0 saturated heterocycles. The van der Waals surface area contributed by atoms with Crippen LogP contribution >= 0.6 is 12.4 Å². The summed E-state index contributed by atoms with van der Waals surface area (Å²) in [5.74, 6) is -0.366. The van der Waals surface area contributed by atoms with E-state index >= 15 is 0 Å². The molecule has 0 atom stereocenters. The van der Waals surface area contributed by atoms with Crippen LogP contribution in [0.5, 0.6) is 0 Å². The van der Waals surface area contributed by atoms with E-state index in [9.17, 15) is 4.79 Å². The van der Waals surface area contributed by atoms with Crippen molar-refractivity contribution in [2.45, 2.75) is 27.4 Å². The Kier molecular flexibility index (Phi) is 6.08. The van der Waals surface area contributed by atoms with Crippen LogP contribution in [0, 0.1) is 20.8 Å². The highest BCUT2D eigenvalue weighted by Crippen LogP contribution is 2.17. The number of carbonyl (C=O) groups excluding carboxylic acids is 1. The Bertz CT molecular complexity index is 354. The van der Waals surface area contributed by atoms with Crippen LogP contribution in [0.3, 0.4) is 0 Å². The summed E-state index contributed by atoms with van der Waals surface area (Å²) in [5, 5.41) is 0. The number of halogens is 1. The summed E-state index contributed by atoms with van der Waals surface area (Å²) in [6.07, 6.45) is 0. The highest BCUT2D eigenvalue weighted by molar-refractivity contribution is 5.85. The van der Waals surface area contributed by atoms with Crippen molar-refractivity contribution < 1.29 is 9.53 Å². The lowest BCUT2D eigenvalue weighted by Crippen LogP contribution is -2.17. The lowest BCUT2D eigenvalue weighted by molar-refractivity contribution is -0.143. The van der Waals surface area contributed by atoms with E-state index in [-0.39, 0.29) is 24.9 Å². The largest absolute Gasteiger partial charge is 0.460 e. The van der Waals surface area contributed by atoms with E-state index in [2.05, 4.69) is 19.1 Å². The van der Waals surface area contributed by atoms with Gasteiger partial charge in [0.2, 0.25) is 0 Å². The molecule has 16 heavy (non-hydrogen) atoms. The van der Waals surface area contributed by atoms with Gasteiger partial charge < -0.3 is 10.5 Å². The molecule has 0 aliphatic heterocycles. The minimum Gasteiger partial charge on any atom is -0.460 e. The van der Waals surface area contributed by atoms with Crippen LogP contribution in [0.1, 0.15) is 22.3 Å². The zero-order valence-electron chi connectivity index (χ0n) is 9.87. The van der Waals surface area contributed by atoms with Gasteiger partial charge in [-0.1, -0.05) is 17.7 Å². The van der Waals surface area contributed by atoms with Gasteiger partial charge in [0.05, 0.1) is 6.54 Å². The Morgan fingerprint density at radius 3 is 2.19 bits per heavy atom. The first-order valence-corrected chi connectivity index (χ1v) is 4.97. The van der Waals surface area contributed by atoms with Gasteiger partial charge >= 0.3 is 5.97 Å². The van der Waals surface area contributed by atoms with Crippen molar-refractivity contribution >= 4 is 18.4 Å². The second-order valence-electron chi connectivity index (χ2n) is 3.74. The molecule has 0 saturated carbocycles. The maximum atomic E-state index is 10.9. The van der Waals surface area contributed by atoms with Crippen LogP contribution in [-0.2, 0) is 16.1 Å². The SMILES string of the molecule is Cc1cc(C)c(COC(=O)CN)c(C)c1.Cl. The molecular formula is C12H18ClNO2. The Labute approximate surface area is 102 Å². The number of benzene rings is 1. The fraction of sp³-hybridized carbons (Fsp3) is 0.417. The van der Waals surface area contributed by atoms with Crippen molar-refractivity contribution in [3.63, 3.8) is 0 Å². The Balaban J connectivity index is 0.00000225. The van der Waals surface area contributed by atoms with E-state index in [4.69, 9.17) is 10.5 Å². The topological polar surface area (TPSA) is 52.3 Å². The molecule has 0 spiro atoms. The van der Waals surface area contributed by atoms with Gasteiger partial charge in [0.15, 0.2) is 0 Å². The van der Waals surface area contributed by atoms with Crippen molar-refractivity contribution in [3.8, 4) is 0 Å². The summed E-state index contributed by atoms with van der Waals surface area (Å²) in [6, 6.07) is 4.16. The lowest BCUT2D eigenvalue weighted by Gasteiger charge is -2.11. The van der Waals surface area contributed by atoms with E-state index < -0.39 is 0 Å². The predicted molar refractivity (Wildman–Crippen MR) is 66.8 cm³/mol. The summed E-state index contributed by atoms with van der Waals surface area (Å²) in [7, 11) is 0. The number of ether oxygens (including phenoxy) is 1. The van der Waals surface area contributed by atoms with Gasteiger partial charge in [-0.3, -0.25) is 4.79 Å². The van der Waals surface area contributed by atoms with Crippen LogP contribution in [0.25, 0.3) is 0 Å². The Morgan fingerprint density at radius 2 is 1.75 bits per heavy atom. The summed E-state index contributed by atoms with van der Waals surface area (Å²) in [5.41, 5.74) is 9.76. The Hall–Kier alpha value is -1.06. The van der Waals surface area contributed by atoms with Crippen LogP contribution in [0.4, 0.5) is 0 Å². The third-order valence-corrected chi connectivity index (χ3v) is 2.38. The van der Waals surface area contributed by atoms with Gasteiger partial charge in [-0.25, -0.2) is 0 Å². The first-order valence-electron chi connectivity index (χ1n) is 4.97. The molecule has 1 aromatic carbocycles. The molecule has 1 aromatic rings. The molecule has 3 nitrogen and oxygen atoms in total. The van der Waals surface area contributed by atoms with E-state index in [1.807, 2.05) is 13.8 Å². The van der Waals surface area contributed by atoms with Gasteiger partial charge in [-0.2, -0.15) is 0 Å². The first kappa shape index (κ1) is 14.9. The molecule has 2 N–H and O–H groups in total. The molecule has 0 fully saturated rings. The number of carbonyl (C=O) groups is 1. The maximum Gasteiger partial charge on any atom is 0.320 e. The smallest absolute Gasteiger partial charge is 0.320 e. The molecule has 0 heterocycles. The average molecular weight is 244 g/mol. The van der Waals surface area contributed by atoms with Crippen LogP contribution in [0.15, 0.2) is 12.1 Å². The standard InChI is InChI=1S/C12H17NO2.ClH/c1-8-4-9(2)11(10(3)5-8)7-15-12(14)6-13;/h4-5H,6-7,13H2,1-3H3;1H. The minimum atomic E-state index is -0.366. The molecule has 0 aliphatic rings. The fourth-order valence-corrected chi connectivity index (χ4v) is 1.65. The molecule has 0 aliphatic carbocycles. The maximum absolute atomic E-state index is 10.9. The Morgan fingerprint density at radius 1 is 1.25 bits per heavy atom. The third-order valence-electron chi connectivity index (χ3n) is 2.38. The number of hydrogen-bond donors (Lipinski definition) is 1. The average Bonchev–Trinajstić information content (AvgIpc) is 2.15. The first-order chi connectivity index (χ1) is 7.04. The molecule has 4 heteroatoms. The number of esters is 1. The van der Waals surface area contributed by atoms with Crippen LogP contribution in [-0.4, -0.2) is 12.5 Å². The summed E-state index contributed by atoms with van der Waals surface area (Å²) in [6.45, 7) is 6.34. The normalized spacial score (nSPS) is 9.50. The number of hydrogen-bond acceptors (Lipinski definition) is 3. The fourth-order valence-electron chi connectivity index (χ4n) is 1.65. The second kappa shape index (κ2) is 6.51. The highest BCUT2D eigenvalue weighted by atomic mass is 35.5. The summed E-state index contributed by atoms with van der Waals surface area (Å²) in [4.78, 5) is 10.9. The molecule has 0 amide bonds. The third kappa shape index (κ3) is 3.83. The van der Waals surface area contributed by atoms with E-state index in [1.54, 1.807) is 0 Å². The molecule has 90 valence electrons. The zero-order valence-corrected chi connectivity index (χ0v) is 10.7. The van der Waals surface area contributed by atoms with Crippen molar-refractivity contribution in [2.24, 2.45) is 5.73 Å². The van der Waals surface area contributed by atoms with Crippen molar-refractivity contribution in [1.82, 2.24) is 0 Å². The second-order valence-corrected chi connectivity index (χ2v) is 3.74. The zero-order chi connectivity index (χ0) is 11.4. The number of aryl methyl sites for hydroxylation is 3. The van der Waals surface area contributed by atoms with E-state index in [0.29, 0.717) is 6.61 Å². The highest BCUT2D eigenvalue weighted by Gasteiger charge is 2.06. The van der Waals surface area contributed by atoms with E-state index in [1.165, 1.54) is 5.56 Å². The molecule has 0 unspecified atom stereocenters. The molecule has 1 rings (SSSR count). The number of rotatable bonds is 3. The molecule has 0 radical (unpaired) electrons. The van der Waals surface area contributed by atoms with Gasteiger partial charge in [-0.05, 0) is 37.5 Å². The number of nitrogens with two attached hydrogens (primary N) is 1. The van der Waals surface area contributed by atoms with Crippen molar-refractivity contribution in [1.29, 1.82) is 0 Å². The molecule has 0 bridgehead atoms. The molecule has 0 aromatic heterocycles. The van der Waals surface area contributed by atoms with Gasteiger partial charge in [0.1, 0.15) is 6.61 Å². The quantitative estimate of drug-likeness (QED) is 0.827. The van der Waals surface area contributed by atoms with Gasteiger partial charge in [0, 0.05) is 0 Å².